The first-order chi connectivity index (χ1) is 12.0. The highest BCUT2D eigenvalue weighted by Crippen LogP contribution is 2.35. The molecule has 1 aromatic heterocycles. The molecule has 0 saturated heterocycles. The fourth-order valence-electron chi connectivity index (χ4n) is 2.30. The average Bonchev–Trinajstić information content (AvgIpc) is 3.37. The molecule has 0 radical (unpaired) electrons. The van der Waals surface area contributed by atoms with Gasteiger partial charge in [-0.05, 0) is 49.1 Å². The second kappa shape index (κ2) is 7.46. The van der Waals surface area contributed by atoms with E-state index in [1.165, 1.54) is 0 Å². The van der Waals surface area contributed by atoms with Gasteiger partial charge in [0.2, 0.25) is 5.88 Å². The van der Waals surface area contributed by atoms with Crippen molar-refractivity contribution in [3.05, 3.63) is 42.1 Å². The molecule has 0 bridgehead atoms. The maximum Gasteiger partial charge on any atom is 0.303 e. The Labute approximate surface area is 143 Å². The molecule has 25 heavy (non-hydrogen) atoms. The third-order valence-corrected chi connectivity index (χ3v) is 3.66. The second-order valence-electron chi connectivity index (χ2n) is 5.79. The predicted octanol–water partition coefficient (Wildman–Crippen LogP) is 3.81. The summed E-state index contributed by atoms with van der Waals surface area (Å²) in [7, 11) is 0. The highest BCUT2D eigenvalue weighted by atomic mass is 19.1. The fourth-order valence-corrected chi connectivity index (χ4v) is 2.30. The lowest BCUT2D eigenvalue weighted by molar-refractivity contribution is -0.137. The van der Waals surface area contributed by atoms with Crippen LogP contribution in [0.3, 0.4) is 0 Å². The van der Waals surface area contributed by atoms with Crippen molar-refractivity contribution in [2.45, 2.75) is 31.8 Å². The first-order valence-corrected chi connectivity index (χ1v) is 8.00. The van der Waals surface area contributed by atoms with Crippen LogP contribution in [0, 0.1) is 11.6 Å². The molecule has 1 fully saturated rings. The number of ether oxygens (including phenoxy) is 2. The van der Waals surface area contributed by atoms with Gasteiger partial charge in [-0.1, -0.05) is 0 Å². The molecule has 0 amide bonds. The smallest absolute Gasteiger partial charge is 0.303 e. The molecule has 132 valence electrons. The van der Waals surface area contributed by atoms with E-state index in [1.807, 2.05) is 0 Å². The molecular weight excluding hydrogens is 332 g/mol. The van der Waals surface area contributed by atoms with E-state index in [2.05, 4.69) is 4.98 Å². The minimum absolute atomic E-state index is 0.0809. The number of carboxylic acids is 1. The van der Waals surface area contributed by atoms with Crippen LogP contribution in [0.2, 0.25) is 0 Å². The number of aliphatic carboxylic acids is 1. The molecule has 3 rings (SSSR count). The Balaban J connectivity index is 1.79. The molecule has 5 nitrogen and oxygen atoms in total. The Morgan fingerprint density at radius 3 is 2.64 bits per heavy atom. The number of hydrogen-bond acceptors (Lipinski definition) is 4. The summed E-state index contributed by atoms with van der Waals surface area (Å²) in [5.41, 5.74) is 0.807. The molecule has 0 aliphatic heterocycles. The van der Waals surface area contributed by atoms with Crippen LogP contribution in [0.4, 0.5) is 8.78 Å². The molecule has 1 aliphatic carbocycles. The lowest BCUT2D eigenvalue weighted by atomic mass is 10.1. The van der Waals surface area contributed by atoms with Gasteiger partial charge in [-0.2, -0.15) is 0 Å². The first kappa shape index (κ1) is 17.1. The van der Waals surface area contributed by atoms with Gasteiger partial charge >= 0.3 is 5.97 Å². The number of hydrogen-bond donors (Lipinski definition) is 1. The van der Waals surface area contributed by atoms with Crippen LogP contribution in [-0.2, 0) is 4.79 Å². The van der Waals surface area contributed by atoms with Crippen LogP contribution in [0.25, 0.3) is 11.1 Å². The van der Waals surface area contributed by atoms with Crippen LogP contribution < -0.4 is 9.47 Å². The fraction of sp³-hybridized carbons (Fsp3) is 0.333. The van der Waals surface area contributed by atoms with Crippen LogP contribution in [0.15, 0.2) is 30.5 Å². The third-order valence-electron chi connectivity index (χ3n) is 3.66. The molecule has 0 spiro atoms. The van der Waals surface area contributed by atoms with E-state index >= 15 is 0 Å². The van der Waals surface area contributed by atoms with E-state index in [1.54, 1.807) is 18.3 Å². The summed E-state index contributed by atoms with van der Waals surface area (Å²) in [6.45, 7) is -0.0809. The standard InChI is InChI=1S/C18H17F2NO4/c19-14-9-11(10-15(20)17(14)24-8-2-4-16(22)23)13-3-1-7-21-18(13)25-12-5-6-12/h1,3,7,9-10,12H,2,4-6,8H2,(H,22,23). The number of pyridine rings is 1. The van der Waals surface area contributed by atoms with Gasteiger partial charge in [-0.3, -0.25) is 4.79 Å². The van der Waals surface area contributed by atoms with E-state index in [9.17, 15) is 13.6 Å². The van der Waals surface area contributed by atoms with Crippen LogP contribution in [-0.4, -0.2) is 28.8 Å². The van der Waals surface area contributed by atoms with Gasteiger partial charge in [-0.25, -0.2) is 13.8 Å². The molecule has 0 atom stereocenters. The van der Waals surface area contributed by atoms with Crippen molar-refractivity contribution < 1.29 is 28.2 Å². The lowest BCUT2D eigenvalue weighted by Crippen LogP contribution is -2.05. The van der Waals surface area contributed by atoms with Gasteiger partial charge in [0.15, 0.2) is 17.4 Å². The summed E-state index contributed by atoms with van der Waals surface area (Å²) >= 11 is 0. The van der Waals surface area contributed by atoms with E-state index < -0.39 is 23.4 Å². The number of carboxylic acid groups (broad SMARTS) is 1. The first-order valence-electron chi connectivity index (χ1n) is 8.00. The Kier molecular flexibility index (Phi) is 5.11. The average molecular weight is 349 g/mol. The van der Waals surface area contributed by atoms with Gasteiger partial charge in [-0.15, -0.1) is 0 Å². The third kappa shape index (κ3) is 4.43. The summed E-state index contributed by atoms with van der Waals surface area (Å²) in [6, 6.07) is 5.67. The molecule has 2 aromatic rings. The van der Waals surface area contributed by atoms with Gasteiger partial charge in [0.05, 0.1) is 6.61 Å². The van der Waals surface area contributed by atoms with Gasteiger partial charge in [0.1, 0.15) is 6.10 Å². The minimum Gasteiger partial charge on any atom is -0.488 e. The molecule has 1 heterocycles. The quantitative estimate of drug-likeness (QED) is 0.734. The summed E-state index contributed by atoms with van der Waals surface area (Å²) < 4.78 is 39.2. The lowest BCUT2D eigenvalue weighted by Gasteiger charge is -2.12. The number of carbonyl (C=O) groups is 1. The van der Waals surface area contributed by atoms with Crippen LogP contribution in [0.1, 0.15) is 25.7 Å². The van der Waals surface area contributed by atoms with Crippen molar-refractivity contribution in [3.63, 3.8) is 0 Å². The molecule has 0 unspecified atom stereocenters. The summed E-state index contributed by atoms with van der Waals surface area (Å²) in [4.78, 5) is 14.6. The Bertz CT molecular complexity index is 754. The number of nitrogens with zero attached hydrogens (tertiary/aromatic N) is 1. The normalized spacial score (nSPS) is 13.5. The number of aromatic nitrogens is 1. The second-order valence-corrected chi connectivity index (χ2v) is 5.79. The Morgan fingerprint density at radius 1 is 1.28 bits per heavy atom. The topological polar surface area (TPSA) is 68.7 Å². The Morgan fingerprint density at radius 2 is 2.00 bits per heavy atom. The van der Waals surface area contributed by atoms with Gasteiger partial charge in [0, 0.05) is 18.2 Å². The molecule has 7 heteroatoms. The summed E-state index contributed by atoms with van der Waals surface area (Å²) in [6.07, 6.45) is 3.61. The predicted molar refractivity (Wildman–Crippen MR) is 85.6 cm³/mol. The molecule has 1 saturated carbocycles. The SMILES string of the molecule is O=C(O)CCCOc1c(F)cc(-c2cccnc2OC2CC2)cc1F. The number of rotatable bonds is 8. The zero-order valence-corrected chi connectivity index (χ0v) is 13.4. The highest BCUT2D eigenvalue weighted by molar-refractivity contribution is 5.69. The molecule has 1 aromatic carbocycles. The van der Waals surface area contributed by atoms with Gasteiger partial charge < -0.3 is 14.6 Å². The summed E-state index contributed by atoms with van der Waals surface area (Å²) in [5.74, 6) is -2.86. The van der Waals surface area contributed by atoms with E-state index in [0.29, 0.717) is 17.0 Å². The van der Waals surface area contributed by atoms with Gasteiger partial charge in [0.25, 0.3) is 0 Å². The van der Waals surface area contributed by atoms with Crippen LogP contribution in [0.5, 0.6) is 11.6 Å². The van der Waals surface area contributed by atoms with E-state index in [0.717, 1.165) is 25.0 Å². The minimum atomic E-state index is -0.986. The summed E-state index contributed by atoms with van der Waals surface area (Å²) in [5, 5.41) is 8.55. The van der Waals surface area contributed by atoms with Crippen molar-refractivity contribution in [2.24, 2.45) is 0 Å². The number of halogens is 2. The van der Waals surface area contributed by atoms with Crippen LogP contribution >= 0.6 is 0 Å². The van der Waals surface area contributed by atoms with Crippen molar-refractivity contribution in [1.82, 2.24) is 4.98 Å². The van der Waals surface area contributed by atoms with E-state index in [-0.39, 0.29) is 25.6 Å². The maximum absolute atomic E-state index is 14.2. The van der Waals surface area contributed by atoms with Crippen molar-refractivity contribution in [3.8, 4) is 22.8 Å². The molecule has 1 aliphatic rings. The zero-order chi connectivity index (χ0) is 17.8. The highest BCUT2D eigenvalue weighted by Gasteiger charge is 2.26. The molecule has 1 N–H and O–H groups in total. The number of benzene rings is 1. The monoisotopic (exact) mass is 349 g/mol. The zero-order valence-electron chi connectivity index (χ0n) is 13.4. The maximum atomic E-state index is 14.2. The largest absolute Gasteiger partial charge is 0.488 e. The molecular formula is C18H17F2NO4. The van der Waals surface area contributed by atoms with E-state index in [4.69, 9.17) is 14.6 Å². The van der Waals surface area contributed by atoms with Crippen molar-refractivity contribution in [2.75, 3.05) is 6.61 Å². The van der Waals surface area contributed by atoms with Crippen molar-refractivity contribution >= 4 is 5.97 Å². The Hall–Kier alpha value is -2.70. The van der Waals surface area contributed by atoms with Crippen molar-refractivity contribution in [1.29, 1.82) is 0 Å².